The summed E-state index contributed by atoms with van der Waals surface area (Å²) < 4.78 is 6.68. The first kappa shape index (κ1) is 9.44. The lowest BCUT2D eigenvalue weighted by molar-refractivity contribution is 0.669. The molecular formula is C13H6BrNO. The van der Waals surface area contributed by atoms with E-state index in [-0.39, 0.29) is 0 Å². The van der Waals surface area contributed by atoms with Gasteiger partial charge in [-0.25, -0.2) is 0 Å². The maximum absolute atomic E-state index is 8.87. The standard InChI is InChI=1S/C13H6BrNO/c14-9-2-4-13-11(6-9)10-5-8(7-15)1-3-12(10)16-13/h1-6H. The topological polar surface area (TPSA) is 36.9 Å². The van der Waals surface area contributed by atoms with Gasteiger partial charge in [0.15, 0.2) is 0 Å². The maximum atomic E-state index is 8.87. The first-order valence-electron chi connectivity index (χ1n) is 4.80. The molecule has 0 saturated heterocycles. The van der Waals surface area contributed by atoms with Crippen molar-refractivity contribution in [2.75, 3.05) is 0 Å². The Bertz CT molecular complexity index is 737. The molecule has 1 heterocycles. The molecule has 76 valence electrons. The highest BCUT2D eigenvalue weighted by Gasteiger charge is 2.07. The van der Waals surface area contributed by atoms with Crippen LogP contribution >= 0.6 is 15.9 Å². The first-order chi connectivity index (χ1) is 7.78. The van der Waals surface area contributed by atoms with Crippen molar-refractivity contribution in [3.63, 3.8) is 0 Å². The molecule has 0 bridgehead atoms. The second-order valence-corrected chi connectivity index (χ2v) is 4.48. The molecule has 0 N–H and O–H groups in total. The molecular weight excluding hydrogens is 266 g/mol. The highest BCUT2D eigenvalue weighted by Crippen LogP contribution is 2.31. The molecule has 0 radical (unpaired) electrons. The van der Waals surface area contributed by atoms with Crippen LogP contribution in [-0.4, -0.2) is 0 Å². The van der Waals surface area contributed by atoms with Gasteiger partial charge in [-0.3, -0.25) is 0 Å². The quantitative estimate of drug-likeness (QED) is 0.614. The zero-order chi connectivity index (χ0) is 11.1. The van der Waals surface area contributed by atoms with E-state index in [2.05, 4.69) is 22.0 Å². The van der Waals surface area contributed by atoms with E-state index in [1.165, 1.54) is 0 Å². The van der Waals surface area contributed by atoms with Gasteiger partial charge in [-0.05, 0) is 36.4 Å². The molecule has 2 aromatic carbocycles. The van der Waals surface area contributed by atoms with Crippen LogP contribution in [0.25, 0.3) is 21.9 Å². The lowest BCUT2D eigenvalue weighted by Gasteiger charge is -1.91. The maximum Gasteiger partial charge on any atom is 0.135 e. The van der Waals surface area contributed by atoms with E-state index < -0.39 is 0 Å². The van der Waals surface area contributed by atoms with Gasteiger partial charge < -0.3 is 4.42 Å². The molecule has 3 heteroatoms. The summed E-state index contributed by atoms with van der Waals surface area (Å²) in [5, 5.41) is 10.9. The summed E-state index contributed by atoms with van der Waals surface area (Å²) in [6.45, 7) is 0. The van der Waals surface area contributed by atoms with Gasteiger partial charge in [0.1, 0.15) is 11.2 Å². The predicted octanol–water partition coefficient (Wildman–Crippen LogP) is 4.22. The van der Waals surface area contributed by atoms with Crippen LogP contribution in [0.15, 0.2) is 45.3 Å². The van der Waals surface area contributed by atoms with Crippen molar-refractivity contribution in [1.82, 2.24) is 0 Å². The van der Waals surface area contributed by atoms with Crippen molar-refractivity contribution in [2.45, 2.75) is 0 Å². The van der Waals surface area contributed by atoms with Crippen LogP contribution in [0.5, 0.6) is 0 Å². The van der Waals surface area contributed by atoms with Crippen molar-refractivity contribution in [2.24, 2.45) is 0 Å². The third-order valence-corrected chi connectivity index (χ3v) is 3.05. The zero-order valence-electron chi connectivity index (χ0n) is 8.20. The molecule has 0 aliphatic carbocycles. The second-order valence-electron chi connectivity index (χ2n) is 3.57. The van der Waals surface area contributed by atoms with E-state index in [1.54, 1.807) is 6.07 Å². The highest BCUT2D eigenvalue weighted by atomic mass is 79.9. The van der Waals surface area contributed by atoms with E-state index in [9.17, 15) is 0 Å². The summed E-state index contributed by atoms with van der Waals surface area (Å²) in [6, 6.07) is 13.5. The monoisotopic (exact) mass is 271 g/mol. The minimum Gasteiger partial charge on any atom is -0.456 e. The molecule has 0 unspecified atom stereocenters. The molecule has 3 rings (SSSR count). The molecule has 0 aliphatic heterocycles. The molecule has 0 aliphatic rings. The van der Waals surface area contributed by atoms with Crippen LogP contribution < -0.4 is 0 Å². The van der Waals surface area contributed by atoms with Gasteiger partial charge in [-0.2, -0.15) is 5.26 Å². The van der Waals surface area contributed by atoms with E-state index in [0.29, 0.717) is 5.56 Å². The first-order valence-corrected chi connectivity index (χ1v) is 5.59. The van der Waals surface area contributed by atoms with Crippen molar-refractivity contribution in [3.05, 3.63) is 46.4 Å². The molecule has 0 fully saturated rings. The number of nitriles is 1. The molecule has 2 nitrogen and oxygen atoms in total. The minimum absolute atomic E-state index is 0.648. The van der Waals surface area contributed by atoms with Crippen LogP contribution in [0.3, 0.4) is 0 Å². The van der Waals surface area contributed by atoms with Crippen LogP contribution in [0.2, 0.25) is 0 Å². The number of furan rings is 1. The summed E-state index contributed by atoms with van der Waals surface area (Å²) >= 11 is 3.43. The largest absolute Gasteiger partial charge is 0.456 e. The van der Waals surface area contributed by atoms with E-state index in [4.69, 9.17) is 9.68 Å². The van der Waals surface area contributed by atoms with Crippen LogP contribution in [0, 0.1) is 11.3 Å². The smallest absolute Gasteiger partial charge is 0.135 e. The Hall–Kier alpha value is -1.79. The fourth-order valence-electron chi connectivity index (χ4n) is 1.82. The molecule has 0 atom stereocenters. The van der Waals surface area contributed by atoms with Gasteiger partial charge in [-0.15, -0.1) is 0 Å². The third kappa shape index (κ3) is 1.31. The molecule has 0 amide bonds. The van der Waals surface area contributed by atoms with Gasteiger partial charge in [0.05, 0.1) is 11.6 Å². The van der Waals surface area contributed by atoms with Crippen LogP contribution in [0.1, 0.15) is 5.56 Å². The molecule has 3 aromatic rings. The van der Waals surface area contributed by atoms with Crippen LogP contribution in [-0.2, 0) is 0 Å². The second kappa shape index (κ2) is 3.36. The highest BCUT2D eigenvalue weighted by molar-refractivity contribution is 9.10. The fourth-order valence-corrected chi connectivity index (χ4v) is 2.18. The zero-order valence-corrected chi connectivity index (χ0v) is 9.78. The van der Waals surface area contributed by atoms with E-state index >= 15 is 0 Å². The van der Waals surface area contributed by atoms with Gasteiger partial charge in [0, 0.05) is 15.2 Å². The number of hydrogen-bond acceptors (Lipinski definition) is 2. The van der Waals surface area contributed by atoms with Crippen molar-refractivity contribution >= 4 is 37.9 Å². The summed E-state index contributed by atoms with van der Waals surface area (Å²) in [4.78, 5) is 0. The summed E-state index contributed by atoms with van der Waals surface area (Å²) in [7, 11) is 0. The Kier molecular flexibility index (Phi) is 1.98. The van der Waals surface area contributed by atoms with E-state index in [1.807, 2.05) is 30.3 Å². The number of halogens is 1. The number of hydrogen-bond donors (Lipinski definition) is 0. The molecule has 0 spiro atoms. The lowest BCUT2D eigenvalue weighted by atomic mass is 10.1. The minimum atomic E-state index is 0.648. The van der Waals surface area contributed by atoms with Gasteiger partial charge in [0.25, 0.3) is 0 Å². The summed E-state index contributed by atoms with van der Waals surface area (Å²) in [5.41, 5.74) is 2.30. The molecule has 16 heavy (non-hydrogen) atoms. The number of rotatable bonds is 0. The molecule has 1 aromatic heterocycles. The van der Waals surface area contributed by atoms with Gasteiger partial charge in [-0.1, -0.05) is 15.9 Å². The van der Waals surface area contributed by atoms with Gasteiger partial charge in [0.2, 0.25) is 0 Å². The molecule has 0 saturated carbocycles. The van der Waals surface area contributed by atoms with Crippen molar-refractivity contribution < 1.29 is 4.42 Å². The SMILES string of the molecule is N#Cc1ccc2oc3ccc(Br)cc3c2c1. The lowest BCUT2D eigenvalue weighted by Crippen LogP contribution is -1.72. The Morgan fingerprint density at radius 3 is 2.44 bits per heavy atom. The number of fused-ring (bicyclic) bond motifs is 3. The Morgan fingerprint density at radius 2 is 1.69 bits per heavy atom. The Labute approximate surface area is 100 Å². The fraction of sp³-hybridized carbons (Fsp3) is 0. The number of benzene rings is 2. The Balaban J connectivity index is 2.50. The number of nitrogens with zero attached hydrogens (tertiary/aromatic N) is 1. The third-order valence-electron chi connectivity index (χ3n) is 2.56. The van der Waals surface area contributed by atoms with E-state index in [0.717, 1.165) is 26.4 Å². The van der Waals surface area contributed by atoms with Crippen LogP contribution in [0.4, 0.5) is 0 Å². The average molecular weight is 272 g/mol. The summed E-state index contributed by atoms with van der Waals surface area (Å²) in [6.07, 6.45) is 0. The van der Waals surface area contributed by atoms with Crippen molar-refractivity contribution in [1.29, 1.82) is 5.26 Å². The van der Waals surface area contributed by atoms with Gasteiger partial charge >= 0.3 is 0 Å². The Morgan fingerprint density at radius 1 is 1.00 bits per heavy atom. The van der Waals surface area contributed by atoms with Crippen molar-refractivity contribution in [3.8, 4) is 6.07 Å². The normalized spacial score (nSPS) is 10.8. The average Bonchev–Trinajstić information content (AvgIpc) is 2.66. The summed E-state index contributed by atoms with van der Waals surface area (Å²) in [5.74, 6) is 0. The predicted molar refractivity (Wildman–Crippen MR) is 66.1 cm³/mol.